The number of aliphatic carboxylic acids is 1. The van der Waals surface area contributed by atoms with Gasteiger partial charge in [-0.2, -0.15) is 0 Å². The molecule has 0 heterocycles. The average Bonchev–Trinajstić information content (AvgIpc) is 2.28. The molecule has 0 spiro atoms. The zero-order valence-corrected chi connectivity index (χ0v) is 11.2. The number of hydrogen-bond donors (Lipinski definition) is 2. The van der Waals surface area contributed by atoms with Gasteiger partial charge in [-0.3, -0.25) is 0 Å². The van der Waals surface area contributed by atoms with E-state index in [1.807, 2.05) is 13.0 Å². The predicted octanol–water partition coefficient (Wildman–Crippen LogP) is 2.82. The van der Waals surface area contributed by atoms with Gasteiger partial charge < -0.3 is 10.4 Å². The predicted molar refractivity (Wildman–Crippen MR) is 70.0 cm³/mol. The van der Waals surface area contributed by atoms with Gasteiger partial charge in [0.05, 0.1) is 0 Å². The lowest BCUT2D eigenvalue weighted by Gasteiger charge is -2.32. The van der Waals surface area contributed by atoms with E-state index in [1.54, 1.807) is 0 Å². The molecule has 0 amide bonds. The van der Waals surface area contributed by atoms with Crippen LogP contribution in [-0.2, 0) is 4.79 Å². The third-order valence-electron chi connectivity index (χ3n) is 4.01. The van der Waals surface area contributed by atoms with Gasteiger partial charge in [-0.1, -0.05) is 26.8 Å². The first kappa shape index (κ1) is 14.2. The number of carboxylic acid groups (broad SMARTS) is 1. The van der Waals surface area contributed by atoms with Crippen LogP contribution >= 0.6 is 0 Å². The van der Waals surface area contributed by atoms with Crippen molar-refractivity contribution in [2.24, 2.45) is 11.8 Å². The Kier molecular flexibility index (Phi) is 5.69. The Bertz CT molecular complexity index is 286. The minimum atomic E-state index is -0.792. The first-order valence-corrected chi connectivity index (χ1v) is 6.70. The Morgan fingerprint density at radius 2 is 2.06 bits per heavy atom. The van der Waals surface area contributed by atoms with Crippen LogP contribution in [0.1, 0.15) is 46.5 Å². The molecule has 0 aromatic heterocycles. The Morgan fingerprint density at radius 1 is 1.35 bits per heavy atom. The minimum Gasteiger partial charge on any atom is -0.478 e. The second kappa shape index (κ2) is 6.80. The highest BCUT2D eigenvalue weighted by molar-refractivity contribution is 5.86. The minimum absolute atomic E-state index is 0.509. The van der Waals surface area contributed by atoms with Crippen molar-refractivity contribution < 1.29 is 9.90 Å². The molecular formula is C14H25NO2. The fourth-order valence-corrected chi connectivity index (χ4v) is 2.46. The maximum Gasteiger partial charge on any atom is 0.331 e. The summed E-state index contributed by atoms with van der Waals surface area (Å²) >= 11 is 0. The lowest BCUT2D eigenvalue weighted by Crippen LogP contribution is -2.36. The Balaban J connectivity index is 2.34. The highest BCUT2D eigenvalue weighted by Crippen LogP contribution is 2.29. The smallest absolute Gasteiger partial charge is 0.331 e. The summed E-state index contributed by atoms with van der Waals surface area (Å²) in [7, 11) is 0. The molecular weight excluding hydrogens is 214 g/mol. The maximum atomic E-state index is 10.8. The summed E-state index contributed by atoms with van der Waals surface area (Å²) < 4.78 is 0. The van der Waals surface area contributed by atoms with Crippen molar-refractivity contribution in [3.8, 4) is 0 Å². The van der Waals surface area contributed by atoms with E-state index in [0.717, 1.165) is 11.8 Å². The van der Waals surface area contributed by atoms with Crippen LogP contribution in [-0.4, -0.2) is 23.7 Å². The average molecular weight is 239 g/mol. The van der Waals surface area contributed by atoms with E-state index in [9.17, 15) is 4.79 Å². The van der Waals surface area contributed by atoms with E-state index in [4.69, 9.17) is 5.11 Å². The fourth-order valence-electron chi connectivity index (χ4n) is 2.46. The van der Waals surface area contributed by atoms with Crippen molar-refractivity contribution in [3.63, 3.8) is 0 Å². The molecule has 0 radical (unpaired) electrons. The highest BCUT2D eigenvalue weighted by atomic mass is 16.4. The largest absolute Gasteiger partial charge is 0.478 e. The Hall–Kier alpha value is -0.830. The first-order valence-electron chi connectivity index (χ1n) is 6.70. The van der Waals surface area contributed by atoms with Crippen LogP contribution in [0.4, 0.5) is 0 Å². The molecule has 1 aliphatic rings. The molecule has 17 heavy (non-hydrogen) atoms. The van der Waals surface area contributed by atoms with Crippen molar-refractivity contribution in [2.75, 3.05) is 6.54 Å². The van der Waals surface area contributed by atoms with Crippen LogP contribution in [0.25, 0.3) is 0 Å². The molecule has 2 N–H and O–H groups in total. The molecule has 3 nitrogen and oxygen atoms in total. The standard InChI is InChI=1S/C14H25NO2/c1-4-12(14(16)17)7-8-15-13-6-5-10(2)11(3)9-13/h7,10-11,13,15H,4-6,8-9H2,1-3H3,(H,16,17). The molecule has 1 saturated carbocycles. The van der Waals surface area contributed by atoms with Gasteiger partial charge in [-0.25, -0.2) is 4.79 Å². The molecule has 0 aromatic carbocycles. The molecule has 1 rings (SSSR count). The number of hydrogen-bond acceptors (Lipinski definition) is 2. The molecule has 1 fully saturated rings. The van der Waals surface area contributed by atoms with Crippen molar-refractivity contribution in [2.45, 2.75) is 52.5 Å². The summed E-state index contributed by atoms with van der Waals surface area (Å²) in [4.78, 5) is 10.8. The van der Waals surface area contributed by atoms with E-state index >= 15 is 0 Å². The summed E-state index contributed by atoms with van der Waals surface area (Å²) in [6.07, 6.45) is 6.11. The van der Waals surface area contributed by atoms with E-state index < -0.39 is 5.97 Å². The van der Waals surface area contributed by atoms with Gasteiger partial charge in [0.1, 0.15) is 0 Å². The molecule has 3 unspecified atom stereocenters. The summed E-state index contributed by atoms with van der Waals surface area (Å²) in [5.74, 6) is 0.809. The zero-order valence-electron chi connectivity index (χ0n) is 11.2. The lowest BCUT2D eigenvalue weighted by atomic mass is 9.79. The van der Waals surface area contributed by atoms with Crippen molar-refractivity contribution in [1.29, 1.82) is 0 Å². The normalized spacial score (nSPS) is 30.3. The number of carbonyl (C=O) groups is 1. The molecule has 3 atom stereocenters. The molecule has 0 bridgehead atoms. The van der Waals surface area contributed by atoms with Crippen LogP contribution < -0.4 is 5.32 Å². The van der Waals surface area contributed by atoms with E-state index in [1.165, 1.54) is 19.3 Å². The quantitative estimate of drug-likeness (QED) is 0.725. The van der Waals surface area contributed by atoms with Crippen LogP contribution in [0.3, 0.4) is 0 Å². The van der Waals surface area contributed by atoms with E-state index in [-0.39, 0.29) is 0 Å². The summed E-state index contributed by atoms with van der Waals surface area (Å²) in [6.45, 7) is 7.19. The number of rotatable bonds is 5. The Morgan fingerprint density at radius 3 is 2.59 bits per heavy atom. The van der Waals surface area contributed by atoms with Gasteiger partial charge >= 0.3 is 5.97 Å². The van der Waals surface area contributed by atoms with Gasteiger partial charge in [0, 0.05) is 18.2 Å². The fraction of sp³-hybridized carbons (Fsp3) is 0.786. The monoisotopic (exact) mass is 239 g/mol. The second-order valence-corrected chi connectivity index (χ2v) is 5.26. The summed E-state index contributed by atoms with van der Waals surface area (Å²) in [5.41, 5.74) is 0.509. The van der Waals surface area contributed by atoms with E-state index in [2.05, 4.69) is 19.2 Å². The van der Waals surface area contributed by atoms with Crippen LogP contribution in [0.2, 0.25) is 0 Å². The van der Waals surface area contributed by atoms with Crippen LogP contribution in [0, 0.1) is 11.8 Å². The van der Waals surface area contributed by atoms with Crippen molar-refractivity contribution in [1.82, 2.24) is 5.32 Å². The summed E-state index contributed by atoms with van der Waals surface area (Å²) in [6, 6.07) is 0.560. The SMILES string of the molecule is CCC(=CCNC1CCC(C)C(C)C1)C(=O)O. The third-order valence-corrected chi connectivity index (χ3v) is 4.01. The molecule has 0 aromatic rings. The molecule has 0 saturated heterocycles. The number of carboxylic acids is 1. The van der Waals surface area contributed by atoms with Gasteiger partial charge in [0.2, 0.25) is 0 Å². The molecule has 0 aliphatic heterocycles. The maximum absolute atomic E-state index is 10.8. The summed E-state index contributed by atoms with van der Waals surface area (Å²) in [5, 5.41) is 12.3. The number of nitrogens with one attached hydrogen (secondary N) is 1. The van der Waals surface area contributed by atoms with Crippen molar-refractivity contribution in [3.05, 3.63) is 11.6 Å². The zero-order chi connectivity index (χ0) is 12.8. The molecule has 98 valence electrons. The molecule has 3 heteroatoms. The lowest BCUT2D eigenvalue weighted by molar-refractivity contribution is -0.132. The van der Waals surface area contributed by atoms with Gasteiger partial charge in [-0.05, 0) is 37.5 Å². The van der Waals surface area contributed by atoms with Gasteiger partial charge in [-0.15, -0.1) is 0 Å². The second-order valence-electron chi connectivity index (χ2n) is 5.26. The van der Waals surface area contributed by atoms with Gasteiger partial charge in [0.25, 0.3) is 0 Å². The molecule has 1 aliphatic carbocycles. The topological polar surface area (TPSA) is 49.3 Å². The highest BCUT2D eigenvalue weighted by Gasteiger charge is 2.23. The Labute approximate surface area is 104 Å². The first-order chi connectivity index (χ1) is 8.04. The van der Waals surface area contributed by atoms with Crippen molar-refractivity contribution >= 4 is 5.97 Å². The van der Waals surface area contributed by atoms with E-state index in [0.29, 0.717) is 24.6 Å². The van der Waals surface area contributed by atoms with Gasteiger partial charge in [0.15, 0.2) is 0 Å². The van der Waals surface area contributed by atoms with Crippen LogP contribution in [0.5, 0.6) is 0 Å². The third kappa shape index (κ3) is 4.50. The van der Waals surface area contributed by atoms with Crippen LogP contribution in [0.15, 0.2) is 11.6 Å².